The molecule has 0 amide bonds. The highest BCUT2D eigenvalue weighted by atomic mass is 32.2. The van der Waals surface area contributed by atoms with Crippen LogP contribution >= 0.6 is 0 Å². The Morgan fingerprint density at radius 1 is 1.23 bits per heavy atom. The Kier molecular flexibility index (Phi) is 8.05. The SMILES string of the molecule is CCc1cccc(Oc2ccc(S(=O)(=O)Nc3ccc(F)cn3)cc2C#N)c1.O=CO. The molecule has 1 aromatic heterocycles. The van der Waals surface area contributed by atoms with E-state index in [1.54, 1.807) is 6.07 Å². The number of benzene rings is 2. The largest absolute Gasteiger partial charge is 0.483 e. The van der Waals surface area contributed by atoms with Gasteiger partial charge in [-0.05, 0) is 54.4 Å². The topological polar surface area (TPSA) is 129 Å². The number of sulfonamides is 1. The summed E-state index contributed by atoms with van der Waals surface area (Å²) in [7, 11) is -4.00. The molecule has 0 saturated carbocycles. The fraction of sp³-hybridized carbons (Fsp3) is 0.0952. The minimum Gasteiger partial charge on any atom is -0.483 e. The molecule has 0 radical (unpaired) electrons. The van der Waals surface area contributed by atoms with Gasteiger partial charge in [0.05, 0.1) is 16.7 Å². The highest BCUT2D eigenvalue weighted by molar-refractivity contribution is 7.92. The van der Waals surface area contributed by atoms with Gasteiger partial charge in [-0.3, -0.25) is 9.52 Å². The summed E-state index contributed by atoms with van der Waals surface area (Å²) in [6, 6.07) is 15.6. The molecular formula is C21H18FN3O5S. The van der Waals surface area contributed by atoms with Gasteiger partial charge in [0, 0.05) is 0 Å². The smallest absolute Gasteiger partial charge is 0.290 e. The molecular weight excluding hydrogens is 425 g/mol. The van der Waals surface area contributed by atoms with Gasteiger partial charge in [0.2, 0.25) is 0 Å². The zero-order valence-electron chi connectivity index (χ0n) is 16.3. The first-order chi connectivity index (χ1) is 14.8. The number of pyridine rings is 1. The average Bonchev–Trinajstić information content (AvgIpc) is 2.76. The molecule has 8 nitrogen and oxygen atoms in total. The van der Waals surface area contributed by atoms with Gasteiger partial charge < -0.3 is 9.84 Å². The Hall–Kier alpha value is -3.97. The lowest BCUT2D eigenvalue weighted by Gasteiger charge is -2.11. The van der Waals surface area contributed by atoms with Gasteiger partial charge in [0.1, 0.15) is 29.2 Å². The second-order valence-electron chi connectivity index (χ2n) is 5.95. The van der Waals surface area contributed by atoms with Gasteiger partial charge in [-0.1, -0.05) is 19.1 Å². The van der Waals surface area contributed by atoms with Crippen molar-refractivity contribution in [2.75, 3.05) is 4.72 Å². The number of aryl methyl sites for hydroxylation is 1. The van der Waals surface area contributed by atoms with E-state index in [0.717, 1.165) is 24.2 Å². The van der Waals surface area contributed by atoms with Gasteiger partial charge in [-0.15, -0.1) is 0 Å². The molecule has 0 spiro atoms. The van der Waals surface area contributed by atoms with Crippen molar-refractivity contribution < 1.29 is 27.4 Å². The Balaban J connectivity index is 0.00000107. The van der Waals surface area contributed by atoms with E-state index in [0.29, 0.717) is 5.75 Å². The molecule has 0 aliphatic carbocycles. The van der Waals surface area contributed by atoms with Crippen LogP contribution < -0.4 is 9.46 Å². The van der Waals surface area contributed by atoms with Crippen molar-refractivity contribution in [1.82, 2.24) is 4.98 Å². The third-order valence-electron chi connectivity index (χ3n) is 3.88. The predicted octanol–water partition coefficient (Wildman–Crippen LogP) is 3.95. The maximum atomic E-state index is 12.9. The van der Waals surface area contributed by atoms with E-state index in [1.807, 2.05) is 31.2 Å². The maximum absolute atomic E-state index is 12.9. The average molecular weight is 443 g/mol. The normalized spacial score (nSPS) is 10.2. The summed E-state index contributed by atoms with van der Waals surface area (Å²) < 4.78 is 45.9. The standard InChI is InChI=1S/C20H16FN3O3S.CH2O2/c1-2-14-4-3-5-17(10-14)27-19-8-7-18(11-15(19)12-22)28(25,26)24-20-9-6-16(21)13-23-20;2-1-3/h3-11,13H,2H2,1H3,(H,23,24);1H,(H,2,3). The second kappa shape index (κ2) is 10.7. The molecule has 0 aliphatic rings. The zero-order valence-corrected chi connectivity index (χ0v) is 17.1. The number of anilines is 1. The van der Waals surface area contributed by atoms with Crippen LogP contribution in [0.25, 0.3) is 0 Å². The Bertz CT molecular complexity index is 1190. The highest BCUT2D eigenvalue weighted by Gasteiger charge is 2.18. The molecule has 160 valence electrons. The number of nitriles is 1. The van der Waals surface area contributed by atoms with Crippen LogP contribution in [0.3, 0.4) is 0 Å². The van der Waals surface area contributed by atoms with E-state index < -0.39 is 15.8 Å². The molecule has 0 bridgehead atoms. The van der Waals surface area contributed by atoms with Crippen LogP contribution in [0.5, 0.6) is 11.5 Å². The van der Waals surface area contributed by atoms with E-state index in [1.165, 1.54) is 24.3 Å². The van der Waals surface area contributed by atoms with E-state index in [-0.39, 0.29) is 28.5 Å². The van der Waals surface area contributed by atoms with E-state index in [2.05, 4.69) is 9.71 Å². The number of carbonyl (C=O) groups is 1. The van der Waals surface area contributed by atoms with Crippen molar-refractivity contribution in [2.24, 2.45) is 0 Å². The van der Waals surface area contributed by atoms with Crippen LogP contribution in [0.15, 0.2) is 65.7 Å². The number of halogens is 1. The highest BCUT2D eigenvalue weighted by Crippen LogP contribution is 2.28. The Morgan fingerprint density at radius 3 is 2.58 bits per heavy atom. The van der Waals surface area contributed by atoms with Crippen molar-refractivity contribution in [3.8, 4) is 17.6 Å². The van der Waals surface area contributed by atoms with Crippen molar-refractivity contribution >= 4 is 22.3 Å². The second-order valence-corrected chi connectivity index (χ2v) is 7.63. The Labute approximate surface area is 178 Å². The molecule has 1 heterocycles. The Morgan fingerprint density at radius 2 is 1.97 bits per heavy atom. The minimum absolute atomic E-state index is 0.0309. The number of ether oxygens (including phenoxy) is 1. The lowest BCUT2D eigenvalue weighted by atomic mass is 10.1. The summed E-state index contributed by atoms with van der Waals surface area (Å²) in [5, 5.41) is 16.3. The van der Waals surface area contributed by atoms with Crippen LogP contribution in [-0.4, -0.2) is 25.0 Å². The number of hydrogen-bond acceptors (Lipinski definition) is 6. The van der Waals surface area contributed by atoms with Gasteiger partial charge in [-0.25, -0.2) is 17.8 Å². The number of nitrogens with one attached hydrogen (secondary N) is 1. The lowest BCUT2D eigenvalue weighted by molar-refractivity contribution is -0.122. The quantitative estimate of drug-likeness (QED) is 0.552. The number of aromatic nitrogens is 1. The molecule has 0 atom stereocenters. The van der Waals surface area contributed by atoms with Crippen LogP contribution in [0.1, 0.15) is 18.1 Å². The summed E-state index contributed by atoms with van der Waals surface area (Å²) in [6.07, 6.45) is 1.74. The minimum atomic E-state index is -4.00. The third kappa shape index (κ3) is 6.52. The number of carboxylic acid groups (broad SMARTS) is 1. The molecule has 0 aliphatic heterocycles. The van der Waals surface area contributed by atoms with Crippen molar-refractivity contribution in [3.05, 3.63) is 77.7 Å². The third-order valence-corrected chi connectivity index (χ3v) is 5.24. The van der Waals surface area contributed by atoms with Gasteiger partial charge in [0.25, 0.3) is 16.5 Å². The van der Waals surface area contributed by atoms with Crippen LogP contribution in [0.4, 0.5) is 10.2 Å². The summed E-state index contributed by atoms with van der Waals surface area (Å²) in [6.45, 7) is 1.77. The van der Waals surface area contributed by atoms with Crippen LogP contribution in [-0.2, 0) is 21.2 Å². The van der Waals surface area contributed by atoms with E-state index in [9.17, 15) is 18.1 Å². The first-order valence-electron chi connectivity index (χ1n) is 8.86. The van der Waals surface area contributed by atoms with Crippen LogP contribution in [0, 0.1) is 17.1 Å². The first-order valence-corrected chi connectivity index (χ1v) is 10.3. The summed E-state index contributed by atoms with van der Waals surface area (Å²) >= 11 is 0. The number of rotatable bonds is 6. The van der Waals surface area contributed by atoms with E-state index in [4.69, 9.17) is 14.6 Å². The van der Waals surface area contributed by atoms with Gasteiger partial charge in [-0.2, -0.15) is 5.26 Å². The number of nitrogens with zero attached hydrogens (tertiary/aromatic N) is 2. The lowest BCUT2D eigenvalue weighted by Crippen LogP contribution is -2.14. The molecule has 3 rings (SSSR count). The molecule has 3 aromatic rings. The monoisotopic (exact) mass is 443 g/mol. The van der Waals surface area contributed by atoms with Crippen LogP contribution in [0.2, 0.25) is 0 Å². The molecule has 2 N–H and O–H groups in total. The fourth-order valence-corrected chi connectivity index (χ4v) is 3.48. The van der Waals surface area contributed by atoms with Gasteiger partial charge >= 0.3 is 0 Å². The summed E-state index contributed by atoms with van der Waals surface area (Å²) in [5.41, 5.74) is 1.14. The first kappa shape index (κ1) is 23.3. The molecule has 31 heavy (non-hydrogen) atoms. The van der Waals surface area contributed by atoms with Crippen molar-refractivity contribution in [1.29, 1.82) is 5.26 Å². The van der Waals surface area contributed by atoms with Crippen molar-refractivity contribution in [3.63, 3.8) is 0 Å². The number of hydrogen-bond donors (Lipinski definition) is 2. The molecule has 0 unspecified atom stereocenters. The van der Waals surface area contributed by atoms with E-state index >= 15 is 0 Å². The van der Waals surface area contributed by atoms with Crippen molar-refractivity contribution in [2.45, 2.75) is 18.2 Å². The van der Waals surface area contributed by atoms with Gasteiger partial charge in [0.15, 0.2) is 0 Å². The zero-order chi connectivity index (χ0) is 22.9. The molecule has 10 heteroatoms. The summed E-state index contributed by atoms with van der Waals surface area (Å²) in [4.78, 5) is 11.9. The molecule has 2 aromatic carbocycles. The summed E-state index contributed by atoms with van der Waals surface area (Å²) in [5.74, 6) is 0.190. The molecule has 0 fully saturated rings. The predicted molar refractivity (Wildman–Crippen MR) is 111 cm³/mol. The molecule has 0 saturated heterocycles. The fourth-order valence-electron chi connectivity index (χ4n) is 2.44. The maximum Gasteiger partial charge on any atom is 0.290 e.